The smallest absolute Gasteiger partial charge is 0.260 e. The van der Waals surface area contributed by atoms with Gasteiger partial charge in [0.15, 0.2) is 17.7 Å². The molecule has 0 heterocycles. The Bertz CT molecular complexity index is 438. The highest BCUT2D eigenvalue weighted by molar-refractivity contribution is 5.80. The molecule has 0 fully saturated rings. The van der Waals surface area contributed by atoms with Gasteiger partial charge in [-0.1, -0.05) is 13.0 Å². The van der Waals surface area contributed by atoms with E-state index in [1.807, 2.05) is 6.92 Å². The van der Waals surface area contributed by atoms with Crippen molar-refractivity contribution >= 4 is 5.91 Å². The number of likely N-dealkylation sites (N-methyl/N-ethyl adjacent to an activating group) is 1. The molecule has 4 nitrogen and oxygen atoms in total. The van der Waals surface area contributed by atoms with Crippen molar-refractivity contribution in [2.45, 2.75) is 39.8 Å². The van der Waals surface area contributed by atoms with E-state index in [0.29, 0.717) is 13.1 Å². The van der Waals surface area contributed by atoms with Crippen LogP contribution in [0.4, 0.5) is 4.39 Å². The second-order valence-electron chi connectivity index (χ2n) is 4.60. The van der Waals surface area contributed by atoms with Crippen LogP contribution < -0.4 is 15.4 Å². The van der Waals surface area contributed by atoms with E-state index in [9.17, 15) is 9.18 Å². The third-order valence-corrected chi connectivity index (χ3v) is 2.78. The molecular formula is C15H23FN2O2. The first-order valence-electron chi connectivity index (χ1n) is 7.02. The number of halogens is 1. The second-order valence-corrected chi connectivity index (χ2v) is 4.60. The Labute approximate surface area is 119 Å². The standard InChI is InChI=1S/C15H23FN2O2/c1-4-8-17-10-12-6-7-14(13(16)9-12)20-11(3)15(19)18-5-2/h6-7,9,11,17H,4-5,8,10H2,1-3H3,(H,18,19). The van der Waals surface area contributed by atoms with Crippen molar-refractivity contribution < 1.29 is 13.9 Å². The van der Waals surface area contributed by atoms with E-state index in [-0.39, 0.29) is 11.7 Å². The highest BCUT2D eigenvalue weighted by Gasteiger charge is 2.15. The van der Waals surface area contributed by atoms with Crippen molar-refractivity contribution in [1.82, 2.24) is 10.6 Å². The summed E-state index contributed by atoms with van der Waals surface area (Å²) < 4.78 is 19.2. The molecule has 112 valence electrons. The van der Waals surface area contributed by atoms with Gasteiger partial charge in [-0.2, -0.15) is 0 Å². The predicted molar refractivity (Wildman–Crippen MR) is 77.2 cm³/mol. The van der Waals surface area contributed by atoms with Crippen LogP contribution in [0.3, 0.4) is 0 Å². The summed E-state index contributed by atoms with van der Waals surface area (Å²) in [4.78, 5) is 11.5. The van der Waals surface area contributed by atoms with Gasteiger partial charge in [0.2, 0.25) is 0 Å². The zero-order valence-corrected chi connectivity index (χ0v) is 12.3. The zero-order valence-electron chi connectivity index (χ0n) is 12.3. The van der Waals surface area contributed by atoms with Gasteiger partial charge in [-0.25, -0.2) is 4.39 Å². The highest BCUT2D eigenvalue weighted by atomic mass is 19.1. The van der Waals surface area contributed by atoms with Crippen LogP contribution in [0.1, 0.15) is 32.8 Å². The number of carbonyl (C=O) groups excluding carboxylic acids is 1. The topological polar surface area (TPSA) is 50.4 Å². The maximum absolute atomic E-state index is 13.9. The van der Waals surface area contributed by atoms with Crippen molar-refractivity contribution in [1.29, 1.82) is 0 Å². The van der Waals surface area contributed by atoms with Crippen molar-refractivity contribution in [3.8, 4) is 5.75 Å². The molecule has 1 atom stereocenters. The van der Waals surface area contributed by atoms with E-state index in [2.05, 4.69) is 17.6 Å². The molecule has 0 radical (unpaired) electrons. The third-order valence-electron chi connectivity index (χ3n) is 2.78. The third kappa shape index (κ3) is 5.17. The molecule has 0 spiro atoms. The molecule has 0 saturated carbocycles. The summed E-state index contributed by atoms with van der Waals surface area (Å²) in [6, 6.07) is 4.79. The first-order valence-corrected chi connectivity index (χ1v) is 7.02. The van der Waals surface area contributed by atoms with Crippen molar-refractivity contribution in [2.24, 2.45) is 0 Å². The molecule has 0 aliphatic heterocycles. The Morgan fingerprint density at radius 3 is 2.75 bits per heavy atom. The summed E-state index contributed by atoms with van der Waals surface area (Å²) in [6.45, 7) is 7.54. The van der Waals surface area contributed by atoms with Crippen LogP contribution in [-0.4, -0.2) is 25.1 Å². The van der Waals surface area contributed by atoms with E-state index in [0.717, 1.165) is 18.5 Å². The minimum atomic E-state index is -0.714. The Balaban J connectivity index is 2.61. The van der Waals surface area contributed by atoms with E-state index >= 15 is 0 Å². The maximum Gasteiger partial charge on any atom is 0.260 e. The molecule has 0 aromatic heterocycles. The molecule has 0 saturated heterocycles. The van der Waals surface area contributed by atoms with Gasteiger partial charge in [0, 0.05) is 13.1 Å². The fraction of sp³-hybridized carbons (Fsp3) is 0.533. The molecule has 1 aromatic rings. The van der Waals surface area contributed by atoms with Crippen LogP contribution in [0.5, 0.6) is 5.75 Å². The normalized spacial score (nSPS) is 12.0. The van der Waals surface area contributed by atoms with E-state index in [1.165, 1.54) is 6.07 Å². The Morgan fingerprint density at radius 2 is 2.15 bits per heavy atom. The summed E-state index contributed by atoms with van der Waals surface area (Å²) in [7, 11) is 0. The number of carbonyl (C=O) groups is 1. The molecule has 2 N–H and O–H groups in total. The fourth-order valence-corrected chi connectivity index (χ4v) is 1.72. The van der Waals surface area contributed by atoms with Gasteiger partial charge in [0.25, 0.3) is 5.91 Å². The fourth-order valence-electron chi connectivity index (χ4n) is 1.72. The summed E-state index contributed by atoms with van der Waals surface area (Å²) in [5.74, 6) is -0.597. The van der Waals surface area contributed by atoms with Crippen molar-refractivity contribution in [2.75, 3.05) is 13.1 Å². The van der Waals surface area contributed by atoms with Crippen LogP contribution in [-0.2, 0) is 11.3 Å². The highest BCUT2D eigenvalue weighted by Crippen LogP contribution is 2.19. The average Bonchev–Trinajstić information content (AvgIpc) is 2.42. The molecule has 1 rings (SSSR count). The number of ether oxygens (including phenoxy) is 1. The average molecular weight is 282 g/mol. The maximum atomic E-state index is 13.9. The monoisotopic (exact) mass is 282 g/mol. The van der Waals surface area contributed by atoms with Crippen LogP contribution in [0.2, 0.25) is 0 Å². The minimum Gasteiger partial charge on any atom is -0.478 e. The zero-order chi connectivity index (χ0) is 15.0. The van der Waals surface area contributed by atoms with Gasteiger partial charge in [0.1, 0.15) is 0 Å². The SMILES string of the molecule is CCCNCc1ccc(OC(C)C(=O)NCC)c(F)c1. The molecule has 1 amide bonds. The quantitative estimate of drug-likeness (QED) is 0.719. The summed E-state index contributed by atoms with van der Waals surface area (Å²) in [6.07, 6.45) is 0.321. The largest absolute Gasteiger partial charge is 0.478 e. The molecule has 1 aromatic carbocycles. The Morgan fingerprint density at radius 1 is 1.40 bits per heavy atom. The summed E-state index contributed by atoms with van der Waals surface area (Å²) >= 11 is 0. The lowest BCUT2D eigenvalue weighted by Gasteiger charge is -2.15. The molecule has 20 heavy (non-hydrogen) atoms. The number of hydrogen-bond donors (Lipinski definition) is 2. The number of hydrogen-bond acceptors (Lipinski definition) is 3. The van der Waals surface area contributed by atoms with Gasteiger partial charge in [0.05, 0.1) is 0 Å². The van der Waals surface area contributed by atoms with Crippen LogP contribution in [0.15, 0.2) is 18.2 Å². The lowest BCUT2D eigenvalue weighted by Crippen LogP contribution is -2.36. The molecule has 1 unspecified atom stereocenters. The summed E-state index contributed by atoms with van der Waals surface area (Å²) in [5, 5.41) is 5.84. The molecule has 0 aliphatic rings. The molecule has 5 heteroatoms. The van der Waals surface area contributed by atoms with Crippen molar-refractivity contribution in [3.63, 3.8) is 0 Å². The van der Waals surface area contributed by atoms with Crippen LogP contribution in [0, 0.1) is 5.82 Å². The minimum absolute atomic E-state index is 0.1000. The van der Waals surface area contributed by atoms with Gasteiger partial charge in [-0.15, -0.1) is 0 Å². The van der Waals surface area contributed by atoms with E-state index in [1.54, 1.807) is 19.1 Å². The Hall–Kier alpha value is -1.62. The predicted octanol–water partition coefficient (Wildman–Crippen LogP) is 2.23. The van der Waals surface area contributed by atoms with Gasteiger partial charge < -0.3 is 15.4 Å². The first-order chi connectivity index (χ1) is 9.58. The van der Waals surface area contributed by atoms with Gasteiger partial charge in [-0.3, -0.25) is 4.79 Å². The lowest BCUT2D eigenvalue weighted by molar-refractivity contribution is -0.127. The number of amides is 1. The first kappa shape index (κ1) is 16.4. The van der Waals surface area contributed by atoms with Crippen molar-refractivity contribution in [3.05, 3.63) is 29.6 Å². The van der Waals surface area contributed by atoms with E-state index in [4.69, 9.17) is 4.74 Å². The Kier molecular flexibility index (Phi) is 7.01. The number of benzene rings is 1. The van der Waals surface area contributed by atoms with Gasteiger partial charge >= 0.3 is 0 Å². The molecule has 0 bridgehead atoms. The second kappa shape index (κ2) is 8.53. The van der Waals surface area contributed by atoms with Gasteiger partial charge in [-0.05, 0) is 44.5 Å². The number of rotatable bonds is 8. The number of nitrogens with one attached hydrogen (secondary N) is 2. The lowest BCUT2D eigenvalue weighted by atomic mass is 10.2. The molecular weight excluding hydrogens is 259 g/mol. The summed E-state index contributed by atoms with van der Waals surface area (Å²) in [5.41, 5.74) is 0.856. The molecule has 0 aliphatic carbocycles. The van der Waals surface area contributed by atoms with Crippen LogP contribution in [0.25, 0.3) is 0 Å². The van der Waals surface area contributed by atoms with E-state index < -0.39 is 11.9 Å². The van der Waals surface area contributed by atoms with Crippen LogP contribution >= 0.6 is 0 Å².